The van der Waals surface area contributed by atoms with Crippen molar-refractivity contribution in [2.24, 2.45) is 0 Å². The topological polar surface area (TPSA) is 73.6 Å². The van der Waals surface area contributed by atoms with Crippen molar-refractivity contribution in [1.82, 2.24) is 0 Å². The lowest BCUT2D eigenvalue weighted by Crippen LogP contribution is -2.19. The van der Waals surface area contributed by atoms with Gasteiger partial charge in [-0.1, -0.05) is 0 Å². The Morgan fingerprint density at radius 3 is 2.72 bits per heavy atom. The van der Waals surface area contributed by atoms with Crippen LogP contribution in [0.2, 0.25) is 0 Å². The van der Waals surface area contributed by atoms with Gasteiger partial charge in [-0.2, -0.15) is 0 Å². The van der Waals surface area contributed by atoms with Crippen molar-refractivity contribution in [3.05, 3.63) is 28.3 Å². The summed E-state index contributed by atoms with van der Waals surface area (Å²) >= 11 is 0. The molecule has 1 aromatic rings. The molecule has 0 amide bonds. The van der Waals surface area contributed by atoms with Crippen LogP contribution < -0.4 is 10.1 Å². The van der Waals surface area contributed by atoms with Crippen LogP contribution in [0.4, 0.5) is 11.4 Å². The van der Waals surface area contributed by atoms with Crippen LogP contribution in [0.3, 0.4) is 0 Å². The number of nitro benzene ring substituents is 1. The Labute approximate surface area is 106 Å². The summed E-state index contributed by atoms with van der Waals surface area (Å²) in [5.41, 5.74) is 0.642. The maximum Gasteiger partial charge on any atom is 0.275 e. The Bertz CT molecular complexity index is 409. The van der Waals surface area contributed by atoms with Crippen molar-refractivity contribution >= 4 is 11.4 Å². The molecule has 6 nitrogen and oxygen atoms in total. The van der Waals surface area contributed by atoms with Crippen LogP contribution in [0.25, 0.3) is 0 Å². The Morgan fingerprint density at radius 1 is 1.44 bits per heavy atom. The number of nitrogens with zero attached hydrogens (tertiary/aromatic N) is 1. The fraction of sp³-hybridized carbons (Fsp3) is 0.500. The Morgan fingerprint density at radius 2 is 2.17 bits per heavy atom. The lowest BCUT2D eigenvalue weighted by atomic mass is 10.2. The zero-order chi connectivity index (χ0) is 13.5. The van der Waals surface area contributed by atoms with Crippen LogP contribution in [-0.4, -0.2) is 31.3 Å². The highest BCUT2D eigenvalue weighted by atomic mass is 16.6. The van der Waals surface area contributed by atoms with Gasteiger partial charge in [0.2, 0.25) is 0 Å². The molecule has 0 saturated carbocycles. The molecule has 0 spiro atoms. The smallest absolute Gasteiger partial charge is 0.275 e. The molecule has 1 aromatic carbocycles. The van der Waals surface area contributed by atoms with Crippen LogP contribution in [0.5, 0.6) is 5.75 Å². The second-order valence-electron chi connectivity index (χ2n) is 3.81. The Hall–Kier alpha value is -1.82. The minimum atomic E-state index is -0.444. The number of hydrogen-bond acceptors (Lipinski definition) is 5. The maximum atomic E-state index is 10.8. The quantitative estimate of drug-likeness (QED) is 0.597. The molecule has 0 saturated heterocycles. The summed E-state index contributed by atoms with van der Waals surface area (Å²) < 4.78 is 10.8. The number of hydrogen-bond donors (Lipinski definition) is 1. The van der Waals surface area contributed by atoms with E-state index in [1.807, 2.05) is 13.8 Å². The second kappa shape index (κ2) is 6.80. The van der Waals surface area contributed by atoms with E-state index in [9.17, 15) is 10.1 Å². The normalized spacial score (nSPS) is 11.9. The predicted molar refractivity (Wildman–Crippen MR) is 69.2 cm³/mol. The molecule has 1 N–H and O–H groups in total. The molecular weight excluding hydrogens is 236 g/mol. The van der Waals surface area contributed by atoms with E-state index in [0.29, 0.717) is 24.7 Å². The zero-order valence-corrected chi connectivity index (χ0v) is 10.8. The first-order valence-electron chi connectivity index (χ1n) is 5.78. The standard InChI is InChI=1S/C12H18N2O4/c1-4-17-8-9(2)18-12-6-10(13-3)5-11(7-12)14(15)16/h5-7,9,13H,4,8H2,1-3H3. The van der Waals surface area contributed by atoms with Crippen molar-refractivity contribution in [3.63, 3.8) is 0 Å². The highest BCUT2D eigenvalue weighted by Gasteiger charge is 2.12. The highest BCUT2D eigenvalue weighted by Crippen LogP contribution is 2.26. The van der Waals surface area contributed by atoms with Crippen LogP contribution in [-0.2, 0) is 4.74 Å². The van der Waals surface area contributed by atoms with Crippen molar-refractivity contribution in [3.8, 4) is 5.75 Å². The van der Waals surface area contributed by atoms with Gasteiger partial charge >= 0.3 is 0 Å². The molecule has 0 radical (unpaired) electrons. The van der Waals surface area contributed by atoms with E-state index in [1.165, 1.54) is 12.1 Å². The van der Waals surface area contributed by atoms with Gasteiger partial charge < -0.3 is 14.8 Å². The fourth-order valence-corrected chi connectivity index (χ4v) is 1.45. The van der Waals surface area contributed by atoms with Crippen molar-refractivity contribution in [1.29, 1.82) is 0 Å². The van der Waals surface area contributed by atoms with E-state index in [-0.39, 0.29) is 11.8 Å². The Kier molecular flexibility index (Phi) is 5.38. The van der Waals surface area contributed by atoms with Crippen LogP contribution >= 0.6 is 0 Å². The van der Waals surface area contributed by atoms with Gasteiger partial charge in [-0.3, -0.25) is 10.1 Å². The van der Waals surface area contributed by atoms with Crippen molar-refractivity contribution in [2.75, 3.05) is 25.6 Å². The van der Waals surface area contributed by atoms with Gasteiger partial charge in [0, 0.05) is 31.5 Å². The third-order valence-corrected chi connectivity index (χ3v) is 2.28. The number of anilines is 1. The van der Waals surface area contributed by atoms with E-state index < -0.39 is 4.92 Å². The van der Waals surface area contributed by atoms with Crippen molar-refractivity contribution < 1.29 is 14.4 Å². The molecule has 0 heterocycles. The van der Waals surface area contributed by atoms with Crippen LogP contribution in [0, 0.1) is 10.1 Å². The molecule has 100 valence electrons. The number of nitrogens with one attached hydrogen (secondary N) is 1. The molecule has 1 atom stereocenters. The summed E-state index contributed by atoms with van der Waals surface area (Å²) in [5, 5.41) is 13.6. The number of rotatable bonds is 7. The summed E-state index contributed by atoms with van der Waals surface area (Å²) in [6, 6.07) is 4.58. The number of nitro groups is 1. The third kappa shape index (κ3) is 4.21. The minimum Gasteiger partial charge on any atom is -0.488 e. The van der Waals surface area contributed by atoms with E-state index in [4.69, 9.17) is 9.47 Å². The molecule has 0 aliphatic rings. The predicted octanol–water partition coefficient (Wildman–Crippen LogP) is 2.44. The van der Waals surface area contributed by atoms with Crippen molar-refractivity contribution in [2.45, 2.75) is 20.0 Å². The van der Waals surface area contributed by atoms with Gasteiger partial charge in [0.25, 0.3) is 5.69 Å². The molecular formula is C12H18N2O4. The lowest BCUT2D eigenvalue weighted by Gasteiger charge is -2.15. The molecule has 1 rings (SSSR count). The van der Waals surface area contributed by atoms with E-state index in [0.717, 1.165) is 0 Å². The molecule has 0 aliphatic heterocycles. The van der Waals surface area contributed by atoms with Gasteiger partial charge in [0.1, 0.15) is 11.9 Å². The maximum absolute atomic E-state index is 10.8. The average molecular weight is 254 g/mol. The zero-order valence-electron chi connectivity index (χ0n) is 10.8. The lowest BCUT2D eigenvalue weighted by molar-refractivity contribution is -0.384. The summed E-state index contributed by atoms with van der Waals surface area (Å²) in [6.07, 6.45) is -0.156. The molecule has 6 heteroatoms. The largest absolute Gasteiger partial charge is 0.488 e. The molecule has 0 aliphatic carbocycles. The summed E-state index contributed by atoms with van der Waals surface area (Å²) in [7, 11) is 1.70. The summed E-state index contributed by atoms with van der Waals surface area (Å²) in [5.74, 6) is 0.459. The van der Waals surface area contributed by atoms with E-state index in [2.05, 4.69) is 5.32 Å². The number of benzene rings is 1. The summed E-state index contributed by atoms with van der Waals surface area (Å²) in [4.78, 5) is 10.3. The van der Waals surface area contributed by atoms with Gasteiger partial charge in [0.15, 0.2) is 0 Å². The van der Waals surface area contributed by atoms with Gasteiger partial charge in [0.05, 0.1) is 17.6 Å². The first kappa shape index (κ1) is 14.2. The minimum absolute atomic E-state index is 0.000426. The average Bonchev–Trinajstić information content (AvgIpc) is 2.35. The van der Waals surface area contributed by atoms with E-state index >= 15 is 0 Å². The number of non-ortho nitro benzene ring substituents is 1. The van der Waals surface area contributed by atoms with E-state index in [1.54, 1.807) is 13.1 Å². The summed E-state index contributed by atoms with van der Waals surface area (Å²) in [6.45, 7) is 4.82. The Balaban J connectivity index is 2.81. The SMILES string of the molecule is CCOCC(C)Oc1cc(NC)cc([N+](=O)[O-])c1. The monoisotopic (exact) mass is 254 g/mol. The van der Waals surface area contributed by atoms with Crippen LogP contribution in [0.1, 0.15) is 13.8 Å². The molecule has 1 unspecified atom stereocenters. The third-order valence-electron chi connectivity index (χ3n) is 2.28. The molecule has 0 aromatic heterocycles. The first-order valence-corrected chi connectivity index (χ1v) is 5.78. The first-order chi connectivity index (χ1) is 8.56. The second-order valence-corrected chi connectivity index (χ2v) is 3.81. The highest BCUT2D eigenvalue weighted by molar-refractivity contribution is 5.56. The molecule has 0 fully saturated rings. The fourth-order valence-electron chi connectivity index (χ4n) is 1.45. The number of ether oxygens (including phenoxy) is 2. The van der Waals surface area contributed by atoms with Gasteiger partial charge in [-0.05, 0) is 13.8 Å². The van der Waals surface area contributed by atoms with Gasteiger partial charge in [-0.25, -0.2) is 0 Å². The molecule has 18 heavy (non-hydrogen) atoms. The van der Waals surface area contributed by atoms with Gasteiger partial charge in [-0.15, -0.1) is 0 Å². The molecule has 0 bridgehead atoms. The van der Waals surface area contributed by atoms with Crippen LogP contribution in [0.15, 0.2) is 18.2 Å².